The molecule has 0 unspecified atom stereocenters. The zero-order valence-electron chi connectivity index (χ0n) is 16.8. The van der Waals surface area contributed by atoms with Gasteiger partial charge in [0.2, 0.25) is 11.8 Å². The van der Waals surface area contributed by atoms with Crippen molar-refractivity contribution in [3.8, 4) is 5.88 Å². The lowest BCUT2D eigenvalue weighted by Crippen LogP contribution is -2.29. The van der Waals surface area contributed by atoms with Gasteiger partial charge in [0.25, 0.3) is 0 Å². The molecule has 0 fully saturated rings. The van der Waals surface area contributed by atoms with Crippen LogP contribution in [0.15, 0.2) is 12.1 Å². The van der Waals surface area contributed by atoms with Crippen LogP contribution in [0.3, 0.4) is 0 Å². The third-order valence-electron chi connectivity index (χ3n) is 5.62. The Balaban J connectivity index is 1.61. The number of aromatic nitrogens is 3. The Morgan fingerprint density at radius 2 is 2.03 bits per heavy atom. The summed E-state index contributed by atoms with van der Waals surface area (Å²) in [6, 6.07) is 2.09. The van der Waals surface area contributed by atoms with Crippen LogP contribution < -0.4 is 9.64 Å². The van der Waals surface area contributed by atoms with Crippen molar-refractivity contribution in [2.24, 2.45) is 7.05 Å². The van der Waals surface area contributed by atoms with Gasteiger partial charge in [-0.15, -0.1) is 5.10 Å². The number of anilines is 1. The molecule has 3 aromatic rings. The first-order valence-electron chi connectivity index (χ1n) is 9.46. The largest absolute Gasteiger partial charge is 0.479 e. The standard InChI is InChI=1S/C21H22F2N4O2/c1-11-14(12(2)24-20-19(11)21(29-4)25-26(20)3)5-6-18(28)27-8-7-15-16(23)9-13(22)10-17(15)27/h9-10H,5-8H2,1-4H3. The van der Waals surface area contributed by atoms with E-state index in [1.165, 1.54) is 11.0 Å². The third kappa shape index (κ3) is 3.12. The van der Waals surface area contributed by atoms with Gasteiger partial charge in [0.1, 0.15) is 11.6 Å². The molecular formula is C21H22F2N4O2. The van der Waals surface area contributed by atoms with E-state index in [0.29, 0.717) is 36.5 Å². The maximum Gasteiger partial charge on any atom is 0.242 e. The second-order valence-corrected chi connectivity index (χ2v) is 7.31. The molecule has 0 radical (unpaired) electrons. The maximum absolute atomic E-state index is 14.0. The van der Waals surface area contributed by atoms with Gasteiger partial charge in [-0.25, -0.2) is 18.4 Å². The van der Waals surface area contributed by atoms with Crippen LogP contribution >= 0.6 is 0 Å². The van der Waals surface area contributed by atoms with Crippen molar-refractivity contribution in [3.05, 3.63) is 46.2 Å². The van der Waals surface area contributed by atoms with E-state index in [9.17, 15) is 13.6 Å². The fourth-order valence-corrected chi connectivity index (χ4v) is 4.16. The van der Waals surface area contributed by atoms with Crippen LogP contribution in [0.2, 0.25) is 0 Å². The van der Waals surface area contributed by atoms with Crippen LogP contribution in [0.5, 0.6) is 5.88 Å². The highest BCUT2D eigenvalue weighted by molar-refractivity contribution is 5.96. The molecule has 1 aromatic carbocycles. The SMILES string of the molecule is COc1nn(C)c2nc(C)c(CCC(=O)N3CCc4c(F)cc(F)cc43)c(C)c12. The van der Waals surface area contributed by atoms with Crippen molar-refractivity contribution >= 4 is 22.6 Å². The summed E-state index contributed by atoms with van der Waals surface area (Å²) in [4.78, 5) is 18.9. The molecule has 0 saturated carbocycles. The lowest BCUT2D eigenvalue weighted by molar-refractivity contribution is -0.118. The highest BCUT2D eigenvalue weighted by Crippen LogP contribution is 2.33. The molecule has 1 aliphatic rings. The topological polar surface area (TPSA) is 60.2 Å². The van der Waals surface area contributed by atoms with Crippen molar-refractivity contribution in [1.82, 2.24) is 14.8 Å². The first kappa shape index (κ1) is 19.3. The quantitative estimate of drug-likeness (QED) is 0.674. The Morgan fingerprint density at radius 3 is 2.76 bits per heavy atom. The molecule has 0 saturated heterocycles. The van der Waals surface area contributed by atoms with Crippen molar-refractivity contribution in [2.75, 3.05) is 18.6 Å². The number of fused-ring (bicyclic) bond motifs is 2. The van der Waals surface area contributed by atoms with Gasteiger partial charge in [-0.3, -0.25) is 4.79 Å². The second kappa shape index (κ2) is 7.09. The maximum atomic E-state index is 14.0. The molecule has 6 nitrogen and oxygen atoms in total. The van der Waals surface area contributed by atoms with Gasteiger partial charge in [0.05, 0.1) is 18.2 Å². The first-order chi connectivity index (χ1) is 13.8. The minimum absolute atomic E-state index is 0.161. The summed E-state index contributed by atoms with van der Waals surface area (Å²) in [5, 5.41) is 5.17. The minimum Gasteiger partial charge on any atom is -0.479 e. The number of rotatable bonds is 4. The summed E-state index contributed by atoms with van der Waals surface area (Å²) in [5.41, 5.74) is 4.23. The number of hydrogen-bond acceptors (Lipinski definition) is 4. The van der Waals surface area contributed by atoms with Gasteiger partial charge < -0.3 is 9.64 Å². The molecule has 1 aliphatic heterocycles. The normalized spacial score (nSPS) is 13.2. The number of nitrogens with zero attached hydrogens (tertiary/aromatic N) is 4. The Hall–Kier alpha value is -3.03. The number of ether oxygens (including phenoxy) is 1. The number of carbonyl (C=O) groups is 1. The molecule has 0 N–H and O–H groups in total. The van der Waals surface area contributed by atoms with Gasteiger partial charge in [0.15, 0.2) is 5.65 Å². The van der Waals surface area contributed by atoms with Crippen LogP contribution in [-0.4, -0.2) is 34.3 Å². The monoisotopic (exact) mass is 400 g/mol. The van der Waals surface area contributed by atoms with Crippen LogP contribution in [-0.2, 0) is 24.7 Å². The molecule has 3 heterocycles. The van der Waals surface area contributed by atoms with E-state index in [1.807, 2.05) is 20.9 Å². The molecule has 29 heavy (non-hydrogen) atoms. The minimum atomic E-state index is -0.675. The van der Waals surface area contributed by atoms with E-state index in [2.05, 4.69) is 10.1 Å². The highest BCUT2D eigenvalue weighted by atomic mass is 19.1. The van der Waals surface area contributed by atoms with Crippen LogP contribution in [0.4, 0.5) is 14.5 Å². The van der Waals surface area contributed by atoms with Gasteiger partial charge in [-0.1, -0.05) is 0 Å². The summed E-state index contributed by atoms with van der Waals surface area (Å²) >= 11 is 0. The van der Waals surface area contributed by atoms with Crippen molar-refractivity contribution < 1.29 is 18.3 Å². The summed E-state index contributed by atoms with van der Waals surface area (Å²) < 4.78 is 34.6. The van der Waals surface area contributed by atoms with E-state index in [-0.39, 0.29) is 12.3 Å². The fraction of sp³-hybridized carbons (Fsp3) is 0.381. The van der Waals surface area contributed by atoms with Crippen LogP contribution in [0, 0.1) is 25.5 Å². The molecule has 152 valence electrons. The molecule has 8 heteroatoms. The lowest BCUT2D eigenvalue weighted by Gasteiger charge is -2.18. The predicted molar refractivity (Wildman–Crippen MR) is 105 cm³/mol. The van der Waals surface area contributed by atoms with Crippen molar-refractivity contribution in [1.29, 1.82) is 0 Å². The molecular weight excluding hydrogens is 378 g/mol. The Morgan fingerprint density at radius 1 is 1.28 bits per heavy atom. The van der Waals surface area contributed by atoms with E-state index in [0.717, 1.165) is 33.9 Å². The fourth-order valence-electron chi connectivity index (χ4n) is 4.16. The summed E-state index contributed by atoms with van der Waals surface area (Å²) in [5.74, 6) is -0.934. The average molecular weight is 400 g/mol. The Kier molecular flexibility index (Phi) is 4.72. The number of halogens is 2. The predicted octanol–water partition coefficient (Wildman–Crippen LogP) is 3.39. The zero-order chi connectivity index (χ0) is 20.9. The summed E-state index contributed by atoms with van der Waals surface area (Å²) in [6.45, 7) is 4.23. The number of benzene rings is 1. The average Bonchev–Trinajstić information content (AvgIpc) is 3.23. The van der Waals surface area contributed by atoms with Crippen LogP contribution in [0.25, 0.3) is 11.0 Å². The molecule has 4 rings (SSSR count). The number of aryl methyl sites for hydroxylation is 3. The van der Waals surface area contributed by atoms with Gasteiger partial charge >= 0.3 is 0 Å². The molecule has 2 aromatic heterocycles. The molecule has 0 spiro atoms. The molecule has 1 amide bonds. The highest BCUT2D eigenvalue weighted by Gasteiger charge is 2.28. The smallest absolute Gasteiger partial charge is 0.242 e. The zero-order valence-corrected chi connectivity index (χ0v) is 16.8. The molecule has 0 bridgehead atoms. The number of amides is 1. The van der Waals surface area contributed by atoms with E-state index < -0.39 is 11.6 Å². The van der Waals surface area contributed by atoms with E-state index in [1.54, 1.807) is 11.8 Å². The third-order valence-corrected chi connectivity index (χ3v) is 5.62. The Labute approximate surface area is 167 Å². The lowest BCUT2D eigenvalue weighted by atomic mass is 10.00. The number of pyridine rings is 1. The van der Waals surface area contributed by atoms with Gasteiger partial charge in [-0.2, -0.15) is 0 Å². The first-order valence-corrected chi connectivity index (χ1v) is 9.46. The van der Waals surface area contributed by atoms with Gasteiger partial charge in [-0.05, 0) is 43.9 Å². The number of hydrogen-bond donors (Lipinski definition) is 0. The van der Waals surface area contributed by atoms with E-state index >= 15 is 0 Å². The number of carbonyl (C=O) groups excluding carboxylic acids is 1. The molecule has 0 aliphatic carbocycles. The summed E-state index contributed by atoms with van der Waals surface area (Å²) in [6.07, 6.45) is 1.09. The summed E-state index contributed by atoms with van der Waals surface area (Å²) in [7, 11) is 3.37. The molecule has 0 atom stereocenters. The Bertz CT molecular complexity index is 1140. The van der Waals surface area contributed by atoms with Crippen molar-refractivity contribution in [3.63, 3.8) is 0 Å². The van der Waals surface area contributed by atoms with Gasteiger partial charge in [0, 0.05) is 37.3 Å². The number of methoxy groups -OCH3 is 1. The van der Waals surface area contributed by atoms with Crippen molar-refractivity contribution in [2.45, 2.75) is 33.1 Å². The second-order valence-electron chi connectivity index (χ2n) is 7.31. The van der Waals surface area contributed by atoms with E-state index in [4.69, 9.17) is 4.74 Å². The van der Waals surface area contributed by atoms with Crippen LogP contribution in [0.1, 0.15) is 28.8 Å².